The average molecular weight is 409 g/mol. The summed E-state index contributed by atoms with van der Waals surface area (Å²) < 4.78 is 0. The highest BCUT2D eigenvalue weighted by atomic mass is 35.5. The molecule has 6 nitrogen and oxygen atoms in total. The quantitative estimate of drug-likeness (QED) is 0.675. The van der Waals surface area contributed by atoms with Gasteiger partial charge >= 0.3 is 6.03 Å². The number of carbonyl (C=O) groups is 2. The molecule has 1 unspecified atom stereocenters. The van der Waals surface area contributed by atoms with Crippen LogP contribution in [-0.4, -0.2) is 49.1 Å². The van der Waals surface area contributed by atoms with Crippen molar-refractivity contribution in [3.05, 3.63) is 30.3 Å². The van der Waals surface area contributed by atoms with Gasteiger partial charge in [0.05, 0.1) is 0 Å². The van der Waals surface area contributed by atoms with E-state index in [1.54, 1.807) is 0 Å². The molecule has 2 saturated heterocycles. The minimum Gasteiger partial charge on any atom is -0.338 e. The second kappa shape index (κ2) is 11.9. The van der Waals surface area contributed by atoms with Crippen LogP contribution in [0.1, 0.15) is 44.9 Å². The maximum atomic E-state index is 12.8. The van der Waals surface area contributed by atoms with E-state index in [9.17, 15) is 9.59 Å². The molecule has 0 saturated carbocycles. The van der Waals surface area contributed by atoms with Crippen LogP contribution in [0.25, 0.3) is 0 Å². The molecule has 0 aromatic heterocycles. The van der Waals surface area contributed by atoms with E-state index >= 15 is 0 Å². The number of amides is 3. The molecular formula is C21H33ClN4O2. The number of rotatable bonds is 6. The van der Waals surface area contributed by atoms with E-state index < -0.39 is 0 Å². The summed E-state index contributed by atoms with van der Waals surface area (Å²) in [6.07, 6.45) is 7.13. The standard InChI is InChI=1S/C21H32N4O2.ClH/c26-20(10-9-17-11-13-22-14-12-17)25-15-5-4-8-19(25)16-23-21(27)24-18-6-2-1-3-7-18;/h1-3,6-7,17,19,22H,4-5,8-16H2,(H2,23,24,27);1H. The van der Waals surface area contributed by atoms with E-state index in [0.717, 1.165) is 51.0 Å². The smallest absolute Gasteiger partial charge is 0.319 e. The monoisotopic (exact) mass is 408 g/mol. The Kier molecular flexibility index (Phi) is 9.58. The fraction of sp³-hybridized carbons (Fsp3) is 0.619. The molecule has 28 heavy (non-hydrogen) atoms. The SMILES string of the molecule is Cl.O=C(NCC1CCCCN1C(=O)CCC1CCNCC1)Nc1ccccc1. The van der Waals surface area contributed by atoms with E-state index in [1.807, 2.05) is 35.2 Å². The summed E-state index contributed by atoms with van der Waals surface area (Å²) >= 11 is 0. The average Bonchev–Trinajstić information content (AvgIpc) is 2.72. The number of anilines is 1. The zero-order chi connectivity index (χ0) is 18.9. The number of halogens is 1. The van der Waals surface area contributed by atoms with Crippen LogP contribution >= 0.6 is 12.4 Å². The summed E-state index contributed by atoms with van der Waals surface area (Å²) in [7, 11) is 0. The van der Waals surface area contributed by atoms with Crippen LogP contribution in [0.2, 0.25) is 0 Å². The normalized spacial score (nSPS) is 20.1. The Bertz CT molecular complexity index is 608. The number of carbonyl (C=O) groups excluding carboxylic acids is 2. The molecule has 156 valence electrons. The number of hydrogen-bond donors (Lipinski definition) is 3. The molecule has 1 atom stereocenters. The molecule has 2 fully saturated rings. The summed E-state index contributed by atoms with van der Waals surface area (Å²) in [6, 6.07) is 9.31. The van der Waals surface area contributed by atoms with Crippen molar-refractivity contribution >= 4 is 30.0 Å². The van der Waals surface area contributed by atoms with Gasteiger partial charge in [0.15, 0.2) is 0 Å². The van der Waals surface area contributed by atoms with Gasteiger partial charge in [-0.05, 0) is 69.7 Å². The van der Waals surface area contributed by atoms with Gasteiger partial charge in [-0.1, -0.05) is 18.2 Å². The third-order valence-corrected chi connectivity index (χ3v) is 5.70. The summed E-state index contributed by atoms with van der Waals surface area (Å²) in [6.45, 7) is 3.48. The fourth-order valence-electron chi connectivity index (χ4n) is 4.09. The molecule has 7 heteroatoms. The predicted molar refractivity (Wildman–Crippen MR) is 115 cm³/mol. The predicted octanol–water partition coefficient (Wildman–Crippen LogP) is 3.39. The highest BCUT2D eigenvalue weighted by Crippen LogP contribution is 2.22. The minimum atomic E-state index is -0.214. The van der Waals surface area contributed by atoms with Gasteiger partial charge in [0, 0.05) is 31.2 Å². The maximum Gasteiger partial charge on any atom is 0.319 e. The van der Waals surface area contributed by atoms with Gasteiger partial charge in [0.2, 0.25) is 5.91 Å². The van der Waals surface area contributed by atoms with Crippen molar-refractivity contribution in [2.75, 3.05) is 31.5 Å². The first kappa shape index (κ1) is 22.5. The van der Waals surface area contributed by atoms with Crippen LogP contribution in [0.5, 0.6) is 0 Å². The van der Waals surface area contributed by atoms with Gasteiger partial charge in [-0.3, -0.25) is 4.79 Å². The van der Waals surface area contributed by atoms with Crippen LogP contribution in [-0.2, 0) is 4.79 Å². The lowest BCUT2D eigenvalue weighted by Crippen LogP contribution is -2.50. The molecule has 0 bridgehead atoms. The Hall–Kier alpha value is -1.79. The Balaban J connectivity index is 0.00000280. The van der Waals surface area contributed by atoms with Crippen molar-refractivity contribution in [2.24, 2.45) is 5.92 Å². The molecule has 1 aromatic carbocycles. The summed E-state index contributed by atoms with van der Waals surface area (Å²) in [5, 5.41) is 9.15. The molecule has 3 amide bonds. The molecule has 1 aromatic rings. The van der Waals surface area contributed by atoms with Gasteiger partial charge in [-0.25, -0.2) is 4.79 Å². The number of nitrogens with zero attached hydrogens (tertiary/aromatic N) is 1. The van der Waals surface area contributed by atoms with Gasteiger partial charge in [0.25, 0.3) is 0 Å². The Morgan fingerprint density at radius 2 is 1.82 bits per heavy atom. The number of hydrogen-bond acceptors (Lipinski definition) is 3. The molecule has 3 N–H and O–H groups in total. The lowest BCUT2D eigenvalue weighted by molar-refractivity contribution is -0.135. The lowest BCUT2D eigenvalue weighted by Gasteiger charge is -2.36. The van der Waals surface area contributed by atoms with Crippen molar-refractivity contribution in [3.8, 4) is 0 Å². The zero-order valence-corrected chi connectivity index (χ0v) is 17.3. The van der Waals surface area contributed by atoms with Crippen molar-refractivity contribution in [1.29, 1.82) is 0 Å². The van der Waals surface area contributed by atoms with Gasteiger partial charge in [-0.2, -0.15) is 0 Å². The maximum absolute atomic E-state index is 12.8. The van der Waals surface area contributed by atoms with Crippen LogP contribution in [0.3, 0.4) is 0 Å². The van der Waals surface area contributed by atoms with Crippen LogP contribution < -0.4 is 16.0 Å². The zero-order valence-electron chi connectivity index (χ0n) is 16.5. The number of piperidine rings is 2. The molecule has 2 aliphatic rings. The number of benzene rings is 1. The first-order valence-electron chi connectivity index (χ1n) is 10.3. The van der Waals surface area contributed by atoms with E-state index in [0.29, 0.717) is 18.9 Å². The second-order valence-electron chi connectivity index (χ2n) is 7.67. The highest BCUT2D eigenvalue weighted by Gasteiger charge is 2.27. The largest absolute Gasteiger partial charge is 0.338 e. The molecule has 0 aliphatic carbocycles. The van der Waals surface area contributed by atoms with Gasteiger partial charge < -0.3 is 20.9 Å². The Morgan fingerprint density at radius 3 is 2.57 bits per heavy atom. The number of nitrogens with one attached hydrogen (secondary N) is 3. The first-order chi connectivity index (χ1) is 13.2. The minimum absolute atomic E-state index is 0. The third-order valence-electron chi connectivity index (χ3n) is 5.70. The van der Waals surface area contributed by atoms with Crippen LogP contribution in [0.15, 0.2) is 30.3 Å². The molecule has 2 heterocycles. The fourth-order valence-corrected chi connectivity index (χ4v) is 4.09. The van der Waals surface area contributed by atoms with Crippen LogP contribution in [0, 0.1) is 5.92 Å². The first-order valence-corrected chi connectivity index (χ1v) is 10.3. The molecule has 3 rings (SSSR count). The molecule has 0 radical (unpaired) electrons. The van der Waals surface area contributed by atoms with Gasteiger partial charge in [0.1, 0.15) is 0 Å². The highest BCUT2D eigenvalue weighted by molar-refractivity contribution is 5.89. The summed E-state index contributed by atoms with van der Waals surface area (Å²) in [5.74, 6) is 0.928. The molecular weight excluding hydrogens is 376 g/mol. The number of urea groups is 1. The van der Waals surface area contributed by atoms with Crippen molar-refractivity contribution < 1.29 is 9.59 Å². The molecule has 0 spiro atoms. The van der Waals surface area contributed by atoms with Crippen molar-refractivity contribution in [1.82, 2.24) is 15.5 Å². The van der Waals surface area contributed by atoms with Gasteiger partial charge in [-0.15, -0.1) is 12.4 Å². The van der Waals surface area contributed by atoms with E-state index in [-0.39, 0.29) is 30.4 Å². The van der Waals surface area contributed by atoms with Crippen molar-refractivity contribution in [3.63, 3.8) is 0 Å². The lowest BCUT2D eigenvalue weighted by atomic mass is 9.92. The topological polar surface area (TPSA) is 73.5 Å². The number of para-hydroxylation sites is 1. The van der Waals surface area contributed by atoms with Crippen molar-refractivity contribution in [2.45, 2.75) is 51.0 Å². The second-order valence-corrected chi connectivity index (χ2v) is 7.67. The Morgan fingerprint density at radius 1 is 1.07 bits per heavy atom. The molecule has 2 aliphatic heterocycles. The number of likely N-dealkylation sites (tertiary alicyclic amines) is 1. The summed E-state index contributed by atoms with van der Waals surface area (Å²) in [4.78, 5) is 26.9. The van der Waals surface area contributed by atoms with E-state index in [2.05, 4.69) is 16.0 Å². The third kappa shape index (κ3) is 6.99. The van der Waals surface area contributed by atoms with E-state index in [4.69, 9.17) is 0 Å². The van der Waals surface area contributed by atoms with E-state index in [1.165, 1.54) is 12.8 Å². The summed E-state index contributed by atoms with van der Waals surface area (Å²) in [5.41, 5.74) is 0.772. The van der Waals surface area contributed by atoms with Crippen LogP contribution in [0.4, 0.5) is 10.5 Å². The Labute approximate surface area is 174 Å².